The van der Waals surface area contributed by atoms with Gasteiger partial charge in [-0.1, -0.05) is 24.3 Å². The van der Waals surface area contributed by atoms with E-state index in [4.69, 9.17) is 9.47 Å². The minimum atomic E-state index is -0.174. The molecule has 0 atom stereocenters. The van der Waals surface area contributed by atoms with Crippen LogP contribution >= 0.6 is 0 Å². The number of anilines is 1. The highest BCUT2D eigenvalue weighted by atomic mass is 16.5. The standard InChI is InChI=1S/C19H23N3O3/c1-24-14-16-4-2-3-15(11-16)13-21-19(23)18-12-17(5-6-20-18)22-7-9-25-10-8-22/h2-6,11-12H,7-10,13-14H2,1H3,(H,21,23). The first-order valence-electron chi connectivity index (χ1n) is 8.40. The van der Waals surface area contributed by atoms with E-state index in [0.717, 1.165) is 29.9 Å². The van der Waals surface area contributed by atoms with E-state index in [1.807, 2.05) is 36.4 Å². The summed E-state index contributed by atoms with van der Waals surface area (Å²) < 4.78 is 10.5. The number of rotatable bonds is 6. The zero-order chi connectivity index (χ0) is 17.5. The molecule has 1 amide bonds. The molecule has 0 saturated carbocycles. The molecule has 1 saturated heterocycles. The molecule has 2 aromatic rings. The number of benzene rings is 1. The van der Waals surface area contributed by atoms with Crippen molar-refractivity contribution in [1.82, 2.24) is 10.3 Å². The van der Waals surface area contributed by atoms with Gasteiger partial charge >= 0.3 is 0 Å². The van der Waals surface area contributed by atoms with Crippen molar-refractivity contribution in [3.8, 4) is 0 Å². The maximum absolute atomic E-state index is 12.4. The molecule has 0 radical (unpaired) electrons. The quantitative estimate of drug-likeness (QED) is 0.871. The topological polar surface area (TPSA) is 63.7 Å². The molecule has 1 aliphatic heterocycles. The summed E-state index contributed by atoms with van der Waals surface area (Å²) >= 11 is 0. The Balaban J connectivity index is 1.62. The highest BCUT2D eigenvalue weighted by Crippen LogP contribution is 2.16. The van der Waals surface area contributed by atoms with E-state index in [9.17, 15) is 4.79 Å². The predicted molar refractivity (Wildman–Crippen MR) is 95.6 cm³/mol. The zero-order valence-electron chi connectivity index (χ0n) is 14.4. The Bertz CT molecular complexity index is 715. The van der Waals surface area contributed by atoms with E-state index in [0.29, 0.717) is 32.1 Å². The zero-order valence-corrected chi connectivity index (χ0v) is 14.4. The van der Waals surface area contributed by atoms with Gasteiger partial charge in [0.25, 0.3) is 5.91 Å². The van der Waals surface area contributed by atoms with Crippen molar-refractivity contribution in [1.29, 1.82) is 0 Å². The number of carbonyl (C=O) groups excluding carboxylic acids is 1. The molecule has 2 heterocycles. The van der Waals surface area contributed by atoms with Crippen LogP contribution in [0.3, 0.4) is 0 Å². The normalized spacial score (nSPS) is 14.4. The third kappa shape index (κ3) is 4.78. The summed E-state index contributed by atoms with van der Waals surface area (Å²) in [6.45, 7) is 4.10. The number of morpholine rings is 1. The van der Waals surface area contributed by atoms with Gasteiger partial charge in [0.2, 0.25) is 0 Å². The van der Waals surface area contributed by atoms with Crippen molar-refractivity contribution >= 4 is 11.6 Å². The first kappa shape index (κ1) is 17.4. The average molecular weight is 341 g/mol. The summed E-state index contributed by atoms with van der Waals surface area (Å²) in [5.74, 6) is -0.174. The van der Waals surface area contributed by atoms with E-state index in [1.165, 1.54) is 0 Å². The van der Waals surface area contributed by atoms with Crippen LogP contribution in [0.5, 0.6) is 0 Å². The van der Waals surface area contributed by atoms with Crippen LogP contribution in [0.25, 0.3) is 0 Å². The average Bonchev–Trinajstić information content (AvgIpc) is 2.67. The Morgan fingerprint density at radius 1 is 1.24 bits per heavy atom. The van der Waals surface area contributed by atoms with Crippen molar-refractivity contribution in [2.75, 3.05) is 38.3 Å². The maximum atomic E-state index is 12.4. The number of pyridine rings is 1. The lowest BCUT2D eigenvalue weighted by atomic mass is 10.1. The van der Waals surface area contributed by atoms with Crippen LogP contribution in [0.1, 0.15) is 21.6 Å². The summed E-state index contributed by atoms with van der Waals surface area (Å²) in [6.07, 6.45) is 1.68. The van der Waals surface area contributed by atoms with Gasteiger partial charge in [0.1, 0.15) is 5.69 Å². The molecule has 6 nitrogen and oxygen atoms in total. The monoisotopic (exact) mass is 341 g/mol. The van der Waals surface area contributed by atoms with Gasteiger partial charge in [-0.3, -0.25) is 9.78 Å². The van der Waals surface area contributed by atoms with E-state index in [1.54, 1.807) is 13.3 Å². The molecule has 1 aliphatic rings. The Labute approximate surface area is 147 Å². The van der Waals surface area contributed by atoms with Gasteiger partial charge in [-0.05, 0) is 23.3 Å². The number of ether oxygens (including phenoxy) is 2. The Morgan fingerprint density at radius 2 is 2.04 bits per heavy atom. The molecule has 1 aromatic heterocycles. The highest BCUT2D eigenvalue weighted by molar-refractivity contribution is 5.93. The molecule has 25 heavy (non-hydrogen) atoms. The van der Waals surface area contributed by atoms with Crippen LogP contribution in [0.2, 0.25) is 0 Å². The molecular formula is C19H23N3O3. The van der Waals surface area contributed by atoms with Gasteiger partial charge in [0.15, 0.2) is 0 Å². The fourth-order valence-electron chi connectivity index (χ4n) is 2.83. The lowest BCUT2D eigenvalue weighted by Gasteiger charge is -2.28. The van der Waals surface area contributed by atoms with Gasteiger partial charge in [-0.25, -0.2) is 0 Å². The smallest absolute Gasteiger partial charge is 0.270 e. The van der Waals surface area contributed by atoms with Crippen LogP contribution in [0.15, 0.2) is 42.6 Å². The van der Waals surface area contributed by atoms with Crippen molar-refractivity contribution in [3.05, 3.63) is 59.4 Å². The molecule has 0 bridgehead atoms. The molecule has 0 spiro atoms. The molecule has 3 rings (SSSR count). The summed E-state index contributed by atoms with van der Waals surface area (Å²) in [7, 11) is 1.67. The molecule has 132 valence electrons. The Morgan fingerprint density at radius 3 is 2.84 bits per heavy atom. The van der Waals surface area contributed by atoms with Crippen LogP contribution in [0.4, 0.5) is 5.69 Å². The Kier molecular flexibility index (Phi) is 5.98. The number of nitrogens with zero attached hydrogens (tertiary/aromatic N) is 2. The van der Waals surface area contributed by atoms with Crippen molar-refractivity contribution < 1.29 is 14.3 Å². The van der Waals surface area contributed by atoms with Gasteiger partial charge < -0.3 is 19.7 Å². The number of methoxy groups -OCH3 is 1. The first-order valence-corrected chi connectivity index (χ1v) is 8.40. The predicted octanol–water partition coefficient (Wildman–Crippen LogP) is 1.99. The minimum Gasteiger partial charge on any atom is -0.380 e. The lowest BCUT2D eigenvalue weighted by Crippen LogP contribution is -2.36. The second-order valence-electron chi connectivity index (χ2n) is 5.93. The molecular weight excluding hydrogens is 318 g/mol. The summed E-state index contributed by atoms with van der Waals surface area (Å²) in [6, 6.07) is 11.7. The van der Waals surface area contributed by atoms with E-state index in [-0.39, 0.29) is 5.91 Å². The molecule has 1 aromatic carbocycles. The van der Waals surface area contributed by atoms with E-state index < -0.39 is 0 Å². The van der Waals surface area contributed by atoms with Gasteiger partial charge in [-0.15, -0.1) is 0 Å². The number of nitrogens with one attached hydrogen (secondary N) is 1. The van der Waals surface area contributed by atoms with Crippen molar-refractivity contribution in [2.45, 2.75) is 13.2 Å². The number of carbonyl (C=O) groups is 1. The van der Waals surface area contributed by atoms with E-state index >= 15 is 0 Å². The number of hydrogen-bond donors (Lipinski definition) is 1. The van der Waals surface area contributed by atoms with Gasteiger partial charge in [0.05, 0.1) is 19.8 Å². The molecule has 0 unspecified atom stereocenters. The summed E-state index contributed by atoms with van der Waals surface area (Å²) in [5.41, 5.74) is 3.55. The SMILES string of the molecule is COCc1cccc(CNC(=O)c2cc(N3CCOCC3)ccn2)c1. The maximum Gasteiger partial charge on any atom is 0.270 e. The van der Waals surface area contributed by atoms with Gasteiger partial charge in [-0.2, -0.15) is 0 Å². The third-order valence-corrected chi connectivity index (χ3v) is 4.11. The van der Waals surface area contributed by atoms with Crippen molar-refractivity contribution in [3.63, 3.8) is 0 Å². The number of hydrogen-bond acceptors (Lipinski definition) is 5. The van der Waals surface area contributed by atoms with Gasteiger partial charge in [0, 0.05) is 38.6 Å². The fraction of sp³-hybridized carbons (Fsp3) is 0.368. The van der Waals surface area contributed by atoms with Crippen LogP contribution in [-0.4, -0.2) is 44.3 Å². The lowest BCUT2D eigenvalue weighted by molar-refractivity contribution is 0.0946. The summed E-state index contributed by atoms with van der Waals surface area (Å²) in [4.78, 5) is 18.8. The van der Waals surface area contributed by atoms with Crippen molar-refractivity contribution in [2.24, 2.45) is 0 Å². The van der Waals surface area contributed by atoms with Crippen LogP contribution in [-0.2, 0) is 22.6 Å². The molecule has 6 heteroatoms. The highest BCUT2D eigenvalue weighted by Gasteiger charge is 2.14. The molecule has 0 aliphatic carbocycles. The van der Waals surface area contributed by atoms with Crippen LogP contribution in [0, 0.1) is 0 Å². The minimum absolute atomic E-state index is 0.174. The van der Waals surface area contributed by atoms with E-state index in [2.05, 4.69) is 15.2 Å². The van der Waals surface area contributed by atoms with Crippen LogP contribution < -0.4 is 10.2 Å². The molecule has 1 fully saturated rings. The molecule has 1 N–H and O–H groups in total. The number of amides is 1. The first-order chi connectivity index (χ1) is 12.3. The summed E-state index contributed by atoms with van der Waals surface area (Å²) in [5, 5.41) is 2.93. The fourth-order valence-corrected chi connectivity index (χ4v) is 2.83. The number of aromatic nitrogens is 1. The second kappa shape index (κ2) is 8.60. The second-order valence-corrected chi connectivity index (χ2v) is 5.93. The Hall–Kier alpha value is -2.44. The largest absolute Gasteiger partial charge is 0.380 e. The third-order valence-electron chi connectivity index (χ3n) is 4.11.